The van der Waals surface area contributed by atoms with Gasteiger partial charge in [-0.25, -0.2) is 0 Å². The number of thioether (sulfide) groups is 1. The zero-order chi connectivity index (χ0) is 8.20. The van der Waals surface area contributed by atoms with Crippen LogP contribution in [0.3, 0.4) is 0 Å². The first-order valence-corrected chi connectivity index (χ1v) is 4.09. The molecule has 5 heteroatoms. The van der Waals surface area contributed by atoms with Gasteiger partial charge < -0.3 is 5.11 Å². The van der Waals surface area contributed by atoms with Gasteiger partial charge in [0.25, 0.3) is 0 Å². The van der Waals surface area contributed by atoms with Crippen LogP contribution in [0.25, 0.3) is 0 Å². The molecule has 0 fully saturated rings. The van der Waals surface area contributed by atoms with Crippen LogP contribution in [-0.2, 0) is 0 Å². The van der Waals surface area contributed by atoms with Gasteiger partial charge in [0.1, 0.15) is 0 Å². The Labute approximate surface area is 61.6 Å². The van der Waals surface area contributed by atoms with E-state index in [0.717, 1.165) is 0 Å². The summed E-state index contributed by atoms with van der Waals surface area (Å²) < 4.78 is 34.4. The fraction of sp³-hybridized carbons (Fsp3) is 1.00. The lowest BCUT2D eigenvalue weighted by Crippen LogP contribution is -2.20. The number of alkyl halides is 3. The Morgan fingerprint density at radius 1 is 1.50 bits per heavy atom. The standard InChI is InChI=1S/C5H9F3OS/c1-10-3-4(9)2-5(6,7)8/h4,9H,2-3H2,1H3. The van der Waals surface area contributed by atoms with Crippen LogP contribution in [0, 0.1) is 0 Å². The number of aliphatic hydroxyl groups excluding tert-OH is 1. The van der Waals surface area contributed by atoms with Gasteiger partial charge in [0.2, 0.25) is 0 Å². The SMILES string of the molecule is CSCC(O)CC(F)(F)F. The third-order valence-electron chi connectivity index (χ3n) is 0.826. The van der Waals surface area contributed by atoms with Crippen molar-refractivity contribution in [3.63, 3.8) is 0 Å². The van der Waals surface area contributed by atoms with E-state index in [2.05, 4.69) is 0 Å². The summed E-state index contributed by atoms with van der Waals surface area (Å²) in [5.74, 6) is 0.138. The van der Waals surface area contributed by atoms with E-state index in [0.29, 0.717) is 0 Å². The maximum atomic E-state index is 11.5. The molecule has 1 unspecified atom stereocenters. The molecule has 0 aromatic rings. The molecule has 10 heavy (non-hydrogen) atoms. The molecule has 0 bridgehead atoms. The second-order valence-electron chi connectivity index (χ2n) is 1.93. The predicted octanol–water partition coefficient (Wildman–Crippen LogP) is 1.66. The van der Waals surface area contributed by atoms with Crippen molar-refractivity contribution >= 4 is 11.8 Å². The molecule has 0 aliphatic heterocycles. The fourth-order valence-electron chi connectivity index (χ4n) is 0.518. The lowest BCUT2D eigenvalue weighted by molar-refractivity contribution is -0.150. The molecule has 0 amide bonds. The van der Waals surface area contributed by atoms with E-state index in [-0.39, 0.29) is 5.75 Å². The summed E-state index contributed by atoms with van der Waals surface area (Å²) in [7, 11) is 0. The van der Waals surface area contributed by atoms with Crippen LogP contribution in [0.4, 0.5) is 13.2 Å². The van der Waals surface area contributed by atoms with Crippen LogP contribution in [0.5, 0.6) is 0 Å². The molecule has 0 aliphatic rings. The van der Waals surface area contributed by atoms with Gasteiger partial charge >= 0.3 is 6.18 Å². The van der Waals surface area contributed by atoms with E-state index in [1.807, 2.05) is 0 Å². The number of aliphatic hydroxyl groups is 1. The molecular weight excluding hydrogens is 165 g/mol. The zero-order valence-corrected chi connectivity index (χ0v) is 6.30. The fourth-order valence-corrected chi connectivity index (χ4v) is 1.02. The summed E-state index contributed by atoms with van der Waals surface area (Å²) in [4.78, 5) is 0. The topological polar surface area (TPSA) is 20.2 Å². The molecule has 1 nitrogen and oxygen atoms in total. The minimum absolute atomic E-state index is 0.138. The van der Waals surface area contributed by atoms with Crippen molar-refractivity contribution in [3.05, 3.63) is 0 Å². The van der Waals surface area contributed by atoms with Gasteiger partial charge in [-0.05, 0) is 6.26 Å². The van der Waals surface area contributed by atoms with E-state index in [1.165, 1.54) is 11.8 Å². The summed E-state index contributed by atoms with van der Waals surface area (Å²) >= 11 is 1.20. The van der Waals surface area contributed by atoms with Crippen LogP contribution in [0.2, 0.25) is 0 Å². The third-order valence-corrected chi connectivity index (χ3v) is 1.54. The lowest BCUT2D eigenvalue weighted by Gasteiger charge is -2.10. The summed E-state index contributed by atoms with van der Waals surface area (Å²) in [5, 5.41) is 8.64. The van der Waals surface area contributed by atoms with E-state index >= 15 is 0 Å². The minimum atomic E-state index is -4.24. The second-order valence-corrected chi connectivity index (χ2v) is 2.84. The Balaban J connectivity index is 3.47. The summed E-state index contributed by atoms with van der Waals surface area (Å²) in [6.45, 7) is 0. The summed E-state index contributed by atoms with van der Waals surface area (Å²) in [6.07, 6.45) is -4.95. The highest BCUT2D eigenvalue weighted by atomic mass is 32.2. The molecule has 0 aromatic heterocycles. The van der Waals surface area contributed by atoms with Crippen molar-refractivity contribution < 1.29 is 18.3 Å². The van der Waals surface area contributed by atoms with Gasteiger partial charge in [-0.15, -0.1) is 0 Å². The highest BCUT2D eigenvalue weighted by molar-refractivity contribution is 7.98. The molecule has 0 rings (SSSR count). The van der Waals surface area contributed by atoms with Gasteiger partial charge in [-0.2, -0.15) is 24.9 Å². The normalized spacial score (nSPS) is 15.3. The van der Waals surface area contributed by atoms with Gasteiger partial charge in [-0.1, -0.05) is 0 Å². The molecule has 0 radical (unpaired) electrons. The molecule has 0 spiro atoms. The van der Waals surface area contributed by atoms with Crippen LogP contribution < -0.4 is 0 Å². The lowest BCUT2D eigenvalue weighted by atomic mass is 10.3. The zero-order valence-electron chi connectivity index (χ0n) is 5.48. The van der Waals surface area contributed by atoms with Crippen molar-refractivity contribution in [2.45, 2.75) is 18.7 Å². The second kappa shape index (κ2) is 4.08. The van der Waals surface area contributed by atoms with E-state index in [9.17, 15) is 13.2 Å². The molecule has 0 saturated carbocycles. The molecule has 1 atom stereocenters. The first-order chi connectivity index (χ1) is 4.45. The van der Waals surface area contributed by atoms with Crippen molar-refractivity contribution in [1.82, 2.24) is 0 Å². The molecule has 62 valence electrons. The molecule has 0 heterocycles. The van der Waals surface area contributed by atoms with Crippen LogP contribution in [0.1, 0.15) is 6.42 Å². The molecular formula is C5H9F3OS. The number of halogens is 3. The number of hydrogen-bond acceptors (Lipinski definition) is 2. The molecule has 0 aromatic carbocycles. The molecule has 0 aliphatic carbocycles. The summed E-state index contributed by atoms with van der Waals surface area (Å²) in [6, 6.07) is 0. The van der Waals surface area contributed by atoms with Crippen molar-refractivity contribution in [1.29, 1.82) is 0 Å². The number of rotatable bonds is 3. The van der Waals surface area contributed by atoms with Crippen molar-refractivity contribution in [2.24, 2.45) is 0 Å². The molecule has 1 N–H and O–H groups in total. The first kappa shape index (κ1) is 10.1. The maximum Gasteiger partial charge on any atom is 0.391 e. The predicted molar refractivity (Wildman–Crippen MR) is 35.1 cm³/mol. The largest absolute Gasteiger partial charge is 0.392 e. The van der Waals surface area contributed by atoms with E-state index in [1.54, 1.807) is 6.26 Å². The Morgan fingerprint density at radius 2 is 2.00 bits per heavy atom. The van der Waals surface area contributed by atoms with Crippen LogP contribution >= 0.6 is 11.8 Å². The monoisotopic (exact) mass is 174 g/mol. The van der Waals surface area contributed by atoms with E-state index < -0.39 is 18.7 Å². The smallest absolute Gasteiger partial charge is 0.391 e. The van der Waals surface area contributed by atoms with Crippen molar-refractivity contribution in [3.8, 4) is 0 Å². The average Bonchev–Trinajstić information content (AvgIpc) is 1.59. The van der Waals surface area contributed by atoms with Crippen LogP contribution in [-0.4, -0.2) is 29.4 Å². The maximum absolute atomic E-state index is 11.5. The highest BCUT2D eigenvalue weighted by Gasteiger charge is 2.30. The Kier molecular flexibility index (Phi) is 4.12. The van der Waals surface area contributed by atoms with Crippen LogP contribution in [0.15, 0.2) is 0 Å². The van der Waals surface area contributed by atoms with Crippen molar-refractivity contribution in [2.75, 3.05) is 12.0 Å². The Morgan fingerprint density at radius 3 is 2.30 bits per heavy atom. The number of hydrogen-bond donors (Lipinski definition) is 1. The summed E-state index contributed by atoms with van der Waals surface area (Å²) in [5.41, 5.74) is 0. The quantitative estimate of drug-likeness (QED) is 0.702. The first-order valence-electron chi connectivity index (χ1n) is 2.69. The third kappa shape index (κ3) is 6.22. The average molecular weight is 174 g/mol. The minimum Gasteiger partial charge on any atom is -0.392 e. The van der Waals surface area contributed by atoms with E-state index in [4.69, 9.17) is 5.11 Å². The van der Waals surface area contributed by atoms with Gasteiger partial charge in [0.05, 0.1) is 12.5 Å². The van der Waals surface area contributed by atoms with Gasteiger partial charge in [0.15, 0.2) is 0 Å². The molecule has 0 saturated heterocycles. The Hall–Kier alpha value is 0.100. The Bertz CT molecular complexity index is 93.4. The highest BCUT2D eigenvalue weighted by Crippen LogP contribution is 2.22. The van der Waals surface area contributed by atoms with Gasteiger partial charge in [-0.3, -0.25) is 0 Å². The van der Waals surface area contributed by atoms with Gasteiger partial charge in [0, 0.05) is 5.75 Å².